The second-order valence-electron chi connectivity index (χ2n) is 3.40. The molecule has 1 N–H and O–H groups in total. The molecule has 2 aromatic heterocycles. The third kappa shape index (κ3) is 1.96. The van der Waals surface area contributed by atoms with Crippen molar-refractivity contribution in [2.24, 2.45) is 7.05 Å². The topological polar surface area (TPSA) is 77.2 Å². The molecule has 0 atom stereocenters. The Kier molecular flexibility index (Phi) is 2.78. The molecule has 6 nitrogen and oxygen atoms in total. The van der Waals surface area contributed by atoms with E-state index in [1.54, 1.807) is 30.1 Å². The van der Waals surface area contributed by atoms with Gasteiger partial charge < -0.3 is 9.84 Å². The summed E-state index contributed by atoms with van der Waals surface area (Å²) in [6.07, 6.45) is 1.65. The number of rotatable bonds is 3. The molecule has 0 spiro atoms. The quantitative estimate of drug-likeness (QED) is 0.861. The van der Waals surface area contributed by atoms with Gasteiger partial charge in [-0.1, -0.05) is 0 Å². The Bertz CT molecular complexity index is 563. The lowest BCUT2D eigenvalue weighted by atomic mass is 10.2. The average Bonchev–Trinajstić information content (AvgIpc) is 2.74. The summed E-state index contributed by atoms with van der Waals surface area (Å²) in [5.41, 5.74) is 1.45. The number of carboxylic acid groups (broad SMARTS) is 1. The third-order valence-corrected chi connectivity index (χ3v) is 2.37. The molecule has 0 radical (unpaired) electrons. The summed E-state index contributed by atoms with van der Waals surface area (Å²) < 4.78 is 6.62. The number of carboxylic acids is 1. The van der Waals surface area contributed by atoms with Gasteiger partial charge in [0.1, 0.15) is 5.56 Å². The van der Waals surface area contributed by atoms with Crippen molar-refractivity contribution in [2.75, 3.05) is 7.11 Å². The number of aromatic carboxylic acids is 1. The summed E-state index contributed by atoms with van der Waals surface area (Å²) in [5.74, 6) is -0.970. The minimum absolute atomic E-state index is 0.0402. The second kappa shape index (κ2) is 4.25. The Morgan fingerprint density at radius 1 is 1.41 bits per heavy atom. The van der Waals surface area contributed by atoms with Crippen molar-refractivity contribution in [1.29, 1.82) is 0 Å². The van der Waals surface area contributed by atoms with E-state index in [0.717, 1.165) is 5.69 Å². The molecule has 0 aromatic carbocycles. The summed E-state index contributed by atoms with van der Waals surface area (Å²) in [6, 6.07) is 4.89. The highest BCUT2D eigenvalue weighted by molar-refractivity contribution is 5.90. The molecule has 88 valence electrons. The van der Waals surface area contributed by atoms with Gasteiger partial charge in [0.25, 0.3) is 0 Å². The second-order valence-corrected chi connectivity index (χ2v) is 3.40. The zero-order valence-electron chi connectivity index (χ0n) is 9.41. The van der Waals surface area contributed by atoms with Gasteiger partial charge >= 0.3 is 5.97 Å². The molecule has 0 aliphatic carbocycles. The van der Waals surface area contributed by atoms with Gasteiger partial charge in [-0.15, -0.1) is 0 Å². The number of methoxy groups -OCH3 is 1. The fourth-order valence-corrected chi connectivity index (χ4v) is 1.53. The lowest BCUT2D eigenvalue weighted by Gasteiger charge is -2.06. The average molecular weight is 233 g/mol. The molecule has 0 saturated heterocycles. The van der Waals surface area contributed by atoms with Crippen LogP contribution in [0, 0.1) is 0 Å². The number of nitrogens with zero attached hydrogens (tertiary/aromatic N) is 3. The van der Waals surface area contributed by atoms with Crippen LogP contribution in [0.4, 0.5) is 0 Å². The smallest absolute Gasteiger partial charge is 0.341 e. The van der Waals surface area contributed by atoms with Crippen LogP contribution >= 0.6 is 0 Å². The van der Waals surface area contributed by atoms with Crippen molar-refractivity contribution in [3.05, 3.63) is 30.0 Å². The zero-order valence-corrected chi connectivity index (χ0v) is 9.41. The SMILES string of the molecule is COc1nc(-c2ccnn2C)ccc1C(=O)O. The molecule has 2 aromatic rings. The van der Waals surface area contributed by atoms with Crippen molar-refractivity contribution in [3.63, 3.8) is 0 Å². The highest BCUT2D eigenvalue weighted by atomic mass is 16.5. The van der Waals surface area contributed by atoms with E-state index in [1.165, 1.54) is 13.2 Å². The molecule has 0 amide bonds. The van der Waals surface area contributed by atoms with E-state index in [9.17, 15) is 4.79 Å². The molecule has 17 heavy (non-hydrogen) atoms. The lowest BCUT2D eigenvalue weighted by molar-refractivity contribution is 0.0692. The Morgan fingerprint density at radius 2 is 2.18 bits per heavy atom. The Morgan fingerprint density at radius 3 is 2.71 bits per heavy atom. The highest BCUT2D eigenvalue weighted by Gasteiger charge is 2.14. The van der Waals surface area contributed by atoms with E-state index in [0.29, 0.717) is 5.69 Å². The van der Waals surface area contributed by atoms with E-state index < -0.39 is 5.97 Å². The summed E-state index contributed by atoms with van der Waals surface area (Å²) in [5, 5.41) is 13.0. The van der Waals surface area contributed by atoms with E-state index >= 15 is 0 Å². The molecule has 2 rings (SSSR count). The maximum absolute atomic E-state index is 10.9. The van der Waals surface area contributed by atoms with Gasteiger partial charge in [-0.2, -0.15) is 5.10 Å². The van der Waals surface area contributed by atoms with E-state index in [4.69, 9.17) is 9.84 Å². The summed E-state index contributed by atoms with van der Waals surface area (Å²) in [6.45, 7) is 0. The molecular formula is C11H11N3O3. The Balaban J connectivity index is 2.52. The minimum Gasteiger partial charge on any atom is -0.480 e. The van der Waals surface area contributed by atoms with Gasteiger partial charge in [0.15, 0.2) is 0 Å². The van der Waals surface area contributed by atoms with Gasteiger partial charge in [0, 0.05) is 13.2 Å². The minimum atomic E-state index is -1.06. The van der Waals surface area contributed by atoms with Crippen LogP contribution in [-0.2, 0) is 7.05 Å². The van der Waals surface area contributed by atoms with Crippen LogP contribution in [0.25, 0.3) is 11.4 Å². The molecule has 0 fully saturated rings. The van der Waals surface area contributed by atoms with Crippen LogP contribution < -0.4 is 4.74 Å². The molecule has 0 aliphatic rings. The van der Waals surface area contributed by atoms with E-state index in [2.05, 4.69) is 10.1 Å². The summed E-state index contributed by atoms with van der Waals surface area (Å²) in [7, 11) is 3.18. The first-order valence-electron chi connectivity index (χ1n) is 4.90. The first-order chi connectivity index (χ1) is 8.13. The van der Waals surface area contributed by atoms with Gasteiger partial charge in [-0.25, -0.2) is 9.78 Å². The Hall–Kier alpha value is -2.37. The van der Waals surface area contributed by atoms with Crippen LogP contribution in [0.1, 0.15) is 10.4 Å². The normalized spacial score (nSPS) is 10.2. The molecule has 0 saturated carbocycles. The van der Waals surface area contributed by atoms with Gasteiger partial charge in [0.05, 0.1) is 18.5 Å². The number of pyridine rings is 1. The van der Waals surface area contributed by atoms with Crippen LogP contribution in [0.2, 0.25) is 0 Å². The van der Waals surface area contributed by atoms with Crippen molar-refractivity contribution in [3.8, 4) is 17.3 Å². The van der Waals surface area contributed by atoms with Gasteiger partial charge in [-0.3, -0.25) is 4.68 Å². The molecule has 0 aliphatic heterocycles. The van der Waals surface area contributed by atoms with E-state index in [1.807, 2.05) is 0 Å². The van der Waals surface area contributed by atoms with Crippen LogP contribution in [0.5, 0.6) is 5.88 Å². The molecule has 0 bridgehead atoms. The highest BCUT2D eigenvalue weighted by Crippen LogP contribution is 2.22. The standard InChI is InChI=1S/C11H11N3O3/c1-14-9(5-6-12-14)8-4-3-7(11(15)16)10(13-8)17-2/h3-6H,1-2H3,(H,15,16). The van der Waals surface area contributed by atoms with Gasteiger partial charge in [-0.05, 0) is 18.2 Å². The fraction of sp³-hybridized carbons (Fsp3) is 0.182. The predicted octanol–water partition coefficient (Wildman–Crippen LogP) is 1.19. The molecule has 6 heteroatoms. The maximum Gasteiger partial charge on any atom is 0.341 e. The number of carbonyl (C=O) groups is 1. The number of hydrogen-bond donors (Lipinski definition) is 1. The van der Waals surface area contributed by atoms with Gasteiger partial charge in [0.2, 0.25) is 5.88 Å². The van der Waals surface area contributed by atoms with Crippen molar-refractivity contribution >= 4 is 5.97 Å². The third-order valence-electron chi connectivity index (χ3n) is 2.37. The predicted molar refractivity (Wildman–Crippen MR) is 60.0 cm³/mol. The van der Waals surface area contributed by atoms with E-state index in [-0.39, 0.29) is 11.4 Å². The molecular weight excluding hydrogens is 222 g/mol. The first kappa shape index (κ1) is 11.1. The van der Waals surface area contributed by atoms with Crippen LogP contribution in [-0.4, -0.2) is 33.0 Å². The van der Waals surface area contributed by atoms with Crippen molar-refractivity contribution < 1.29 is 14.6 Å². The lowest BCUT2D eigenvalue weighted by Crippen LogP contribution is -2.04. The van der Waals surface area contributed by atoms with Crippen molar-refractivity contribution in [2.45, 2.75) is 0 Å². The molecule has 0 unspecified atom stereocenters. The largest absolute Gasteiger partial charge is 0.480 e. The zero-order chi connectivity index (χ0) is 12.4. The summed E-state index contributed by atoms with van der Waals surface area (Å²) >= 11 is 0. The maximum atomic E-state index is 10.9. The van der Waals surface area contributed by atoms with Crippen LogP contribution in [0.15, 0.2) is 24.4 Å². The summed E-state index contributed by atoms with van der Waals surface area (Å²) in [4.78, 5) is 15.1. The van der Waals surface area contributed by atoms with Crippen molar-refractivity contribution in [1.82, 2.24) is 14.8 Å². The number of hydrogen-bond acceptors (Lipinski definition) is 4. The first-order valence-corrected chi connectivity index (χ1v) is 4.90. The number of aromatic nitrogens is 3. The number of aryl methyl sites for hydroxylation is 1. The number of ether oxygens (including phenoxy) is 1. The Labute approximate surface area is 97.5 Å². The molecule has 2 heterocycles. The van der Waals surface area contributed by atoms with Crippen LogP contribution in [0.3, 0.4) is 0 Å². The fourth-order valence-electron chi connectivity index (χ4n) is 1.53. The monoisotopic (exact) mass is 233 g/mol.